The van der Waals surface area contributed by atoms with Crippen LogP contribution in [0, 0.1) is 11.6 Å². The SMILES string of the molecule is CCCNC(=O)COc1cccc(C2SC(c3ccc(F)cc3)=NN2C(=O)c2cccc(F)c2)c1OC. The third kappa shape index (κ3) is 6.08. The van der Waals surface area contributed by atoms with Gasteiger partial charge in [-0.25, -0.2) is 13.8 Å². The first kappa shape index (κ1) is 26.2. The Bertz CT molecular complexity index is 1320. The van der Waals surface area contributed by atoms with E-state index in [2.05, 4.69) is 10.4 Å². The molecule has 0 radical (unpaired) electrons. The zero-order valence-electron chi connectivity index (χ0n) is 20.2. The van der Waals surface area contributed by atoms with Gasteiger partial charge in [-0.15, -0.1) is 0 Å². The first-order valence-electron chi connectivity index (χ1n) is 11.6. The number of amides is 2. The number of para-hydroxylation sites is 1. The van der Waals surface area contributed by atoms with E-state index in [4.69, 9.17) is 9.47 Å². The first-order chi connectivity index (χ1) is 17.9. The summed E-state index contributed by atoms with van der Waals surface area (Å²) >= 11 is 1.26. The summed E-state index contributed by atoms with van der Waals surface area (Å²) in [5.74, 6) is -1.09. The summed E-state index contributed by atoms with van der Waals surface area (Å²) in [6.07, 6.45) is 0.801. The maximum absolute atomic E-state index is 13.9. The molecular formula is C27H25F2N3O4S. The Morgan fingerprint density at radius 2 is 1.81 bits per heavy atom. The van der Waals surface area contributed by atoms with Gasteiger partial charge < -0.3 is 14.8 Å². The number of hydrazone groups is 1. The second-order valence-electron chi connectivity index (χ2n) is 8.06. The second-order valence-corrected chi connectivity index (χ2v) is 9.13. The minimum absolute atomic E-state index is 0.119. The maximum atomic E-state index is 13.9. The first-order valence-corrected chi connectivity index (χ1v) is 12.5. The average molecular weight is 526 g/mol. The number of nitrogens with one attached hydrogen (secondary N) is 1. The third-order valence-electron chi connectivity index (χ3n) is 5.43. The van der Waals surface area contributed by atoms with E-state index in [0.29, 0.717) is 34.2 Å². The van der Waals surface area contributed by atoms with Crippen molar-refractivity contribution < 1.29 is 27.8 Å². The highest BCUT2D eigenvalue weighted by atomic mass is 32.2. The van der Waals surface area contributed by atoms with E-state index in [1.807, 2.05) is 6.92 Å². The van der Waals surface area contributed by atoms with Gasteiger partial charge in [0.05, 0.1) is 7.11 Å². The minimum Gasteiger partial charge on any atom is -0.492 e. The van der Waals surface area contributed by atoms with E-state index in [-0.39, 0.29) is 18.1 Å². The summed E-state index contributed by atoms with van der Waals surface area (Å²) in [5.41, 5.74) is 1.29. The quantitative estimate of drug-likeness (QED) is 0.419. The molecule has 0 aliphatic carbocycles. The second kappa shape index (κ2) is 11.9. The van der Waals surface area contributed by atoms with Crippen molar-refractivity contribution in [2.24, 2.45) is 5.10 Å². The highest BCUT2D eigenvalue weighted by Crippen LogP contribution is 2.47. The molecule has 1 atom stereocenters. The van der Waals surface area contributed by atoms with Gasteiger partial charge in [-0.1, -0.05) is 36.9 Å². The summed E-state index contributed by atoms with van der Waals surface area (Å²) in [5, 5.41) is 8.28. The lowest BCUT2D eigenvalue weighted by atomic mass is 10.1. The Labute approximate surface area is 217 Å². The van der Waals surface area contributed by atoms with E-state index >= 15 is 0 Å². The number of carbonyl (C=O) groups is 2. The number of halogens is 2. The van der Waals surface area contributed by atoms with Crippen LogP contribution in [-0.4, -0.2) is 42.1 Å². The lowest BCUT2D eigenvalue weighted by molar-refractivity contribution is -0.123. The molecule has 0 spiro atoms. The van der Waals surface area contributed by atoms with Crippen LogP contribution in [0.25, 0.3) is 0 Å². The van der Waals surface area contributed by atoms with Gasteiger partial charge in [-0.2, -0.15) is 5.10 Å². The summed E-state index contributed by atoms with van der Waals surface area (Å²) in [6.45, 7) is 2.28. The molecule has 0 saturated carbocycles. The van der Waals surface area contributed by atoms with E-state index in [1.54, 1.807) is 30.3 Å². The van der Waals surface area contributed by atoms with Crippen molar-refractivity contribution in [2.75, 3.05) is 20.3 Å². The molecule has 0 aromatic heterocycles. The van der Waals surface area contributed by atoms with Gasteiger partial charge in [0.15, 0.2) is 18.1 Å². The van der Waals surface area contributed by atoms with Gasteiger partial charge in [0.25, 0.3) is 11.8 Å². The van der Waals surface area contributed by atoms with Crippen molar-refractivity contribution in [1.29, 1.82) is 0 Å². The maximum Gasteiger partial charge on any atom is 0.275 e. The molecule has 0 bridgehead atoms. The summed E-state index contributed by atoms with van der Waals surface area (Å²) < 4.78 is 38.8. The highest BCUT2D eigenvalue weighted by Gasteiger charge is 2.37. The summed E-state index contributed by atoms with van der Waals surface area (Å²) in [4.78, 5) is 25.5. The molecule has 2 amide bonds. The normalized spacial score (nSPS) is 14.8. The average Bonchev–Trinajstić information content (AvgIpc) is 3.35. The molecular weight excluding hydrogens is 500 g/mol. The number of rotatable bonds is 9. The fourth-order valence-electron chi connectivity index (χ4n) is 3.67. The van der Waals surface area contributed by atoms with E-state index < -0.39 is 22.9 Å². The highest BCUT2D eigenvalue weighted by molar-refractivity contribution is 8.14. The smallest absolute Gasteiger partial charge is 0.275 e. The molecule has 0 fully saturated rings. The van der Waals surface area contributed by atoms with Gasteiger partial charge >= 0.3 is 0 Å². The van der Waals surface area contributed by atoms with Crippen LogP contribution < -0.4 is 14.8 Å². The largest absolute Gasteiger partial charge is 0.492 e. The Kier molecular flexibility index (Phi) is 8.39. The number of hydrogen-bond donors (Lipinski definition) is 1. The van der Waals surface area contributed by atoms with Crippen LogP contribution in [0.4, 0.5) is 8.78 Å². The van der Waals surface area contributed by atoms with Crippen LogP contribution in [0.5, 0.6) is 11.5 Å². The standard InChI is InChI=1S/C27H25F2N3O4S/c1-3-14-30-23(33)16-36-22-9-5-8-21(24(22)35-2)27-32(26(34)18-6-4-7-20(29)15-18)31-25(37-27)17-10-12-19(28)13-11-17/h4-13,15,27H,3,14,16H2,1-2H3,(H,30,33). The predicted molar refractivity (Wildman–Crippen MR) is 138 cm³/mol. The molecule has 37 heavy (non-hydrogen) atoms. The molecule has 10 heteroatoms. The molecule has 1 unspecified atom stereocenters. The van der Waals surface area contributed by atoms with Crippen LogP contribution >= 0.6 is 11.8 Å². The monoisotopic (exact) mass is 525 g/mol. The summed E-state index contributed by atoms with van der Waals surface area (Å²) in [7, 11) is 1.46. The number of methoxy groups -OCH3 is 1. The van der Waals surface area contributed by atoms with Crippen molar-refractivity contribution in [3.63, 3.8) is 0 Å². The molecule has 1 aliphatic rings. The van der Waals surface area contributed by atoms with Gasteiger partial charge in [-0.3, -0.25) is 9.59 Å². The van der Waals surface area contributed by atoms with E-state index in [0.717, 1.165) is 12.5 Å². The van der Waals surface area contributed by atoms with Crippen molar-refractivity contribution in [3.05, 3.63) is 95.1 Å². The molecule has 4 rings (SSSR count). The van der Waals surface area contributed by atoms with Crippen molar-refractivity contribution in [1.82, 2.24) is 10.3 Å². The lowest BCUT2D eigenvalue weighted by Crippen LogP contribution is -2.29. The van der Waals surface area contributed by atoms with Gasteiger partial charge in [0, 0.05) is 23.2 Å². The minimum atomic E-state index is -0.705. The van der Waals surface area contributed by atoms with Gasteiger partial charge in [0.1, 0.15) is 22.1 Å². The molecule has 0 saturated heterocycles. The fourth-order valence-corrected chi connectivity index (χ4v) is 4.84. The number of hydrogen-bond acceptors (Lipinski definition) is 6. The molecule has 3 aromatic carbocycles. The molecule has 1 heterocycles. The van der Waals surface area contributed by atoms with E-state index in [1.165, 1.54) is 54.2 Å². The predicted octanol–water partition coefficient (Wildman–Crippen LogP) is 5.13. The van der Waals surface area contributed by atoms with Gasteiger partial charge in [0.2, 0.25) is 0 Å². The zero-order valence-corrected chi connectivity index (χ0v) is 21.1. The number of carbonyl (C=O) groups excluding carboxylic acids is 2. The topological polar surface area (TPSA) is 80.2 Å². The Hall–Kier alpha value is -3.92. The Morgan fingerprint density at radius 1 is 1.05 bits per heavy atom. The van der Waals surface area contributed by atoms with E-state index in [9.17, 15) is 18.4 Å². The Balaban J connectivity index is 1.69. The van der Waals surface area contributed by atoms with Crippen LogP contribution in [0.2, 0.25) is 0 Å². The van der Waals surface area contributed by atoms with Crippen LogP contribution in [0.3, 0.4) is 0 Å². The van der Waals surface area contributed by atoms with Crippen LogP contribution in [0.1, 0.15) is 40.2 Å². The number of ether oxygens (including phenoxy) is 2. The van der Waals surface area contributed by atoms with Crippen molar-refractivity contribution in [2.45, 2.75) is 18.7 Å². The number of benzene rings is 3. The number of thioether (sulfide) groups is 1. The molecule has 3 aromatic rings. The Morgan fingerprint density at radius 3 is 2.51 bits per heavy atom. The molecule has 192 valence electrons. The number of nitrogens with zero attached hydrogens (tertiary/aromatic N) is 2. The van der Waals surface area contributed by atoms with Crippen LogP contribution in [0.15, 0.2) is 71.8 Å². The van der Waals surface area contributed by atoms with Crippen molar-refractivity contribution in [3.8, 4) is 11.5 Å². The zero-order chi connectivity index (χ0) is 26.4. The third-order valence-corrected chi connectivity index (χ3v) is 6.64. The summed E-state index contributed by atoms with van der Waals surface area (Å²) in [6, 6.07) is 16.2. The van der Waals surface area contributed by atoms with Crippen molar-refractivity contribution >= 4 is 28.6 Å². The molecule has 1 N–H and O–H groups in total. The van der Waals surface area contributed by atoms with Gasteiger partial charge in [-0.05, 0) is 55.0 Å². The van der Waals surface area contributed by atoms with Crippen LogP contribution in [-0.2, 0) is 4.79 Å². The molecule has 1 aliphatic heterocycles. The lowest BCUT2D eigenvalue weighted by Gasteiger charge is -2.24. The molecule has 7 nitrogen and oxygen atoms in total. The fraction of sp³-hybridized carbons (Fsp3) is 0.222.